The van der Waals surface area contributed by atoms with E-state index in [2.05, 4.69) is 20.3 Å². The Morgan fingerprint density at radius 3 is 2.50 bits per heavy atom. The van der Waals surface area contributed by atoms with Gasteiger partial charge in [0.1, 0.15) is 11.5 Å². The van der Waals surface area contributed by atoms with Crippen molar-refractivity contribution < 1.29 is 9.84 Å². The van der Waals surface area contributed by atoms with Crippen LogP contribution in [-0.2, 0) is 0 Å². The van der Waals surface area contributed by atoms with E-state index in [1.165, 1.54) is 5.01 Å². The Hall–Kier alpha value is -3.85. The van der Waals surface area contributed by atoms with Gasteiger partial charge in [-0.2, -0.15) is 4.98 Å². The van der Waals surface area contributed by atoms with E-state index in [4.69, 9.17) is 16.3 Å². The van der Waals surface area contributed by atoms with Crippen molar-refractivity contribution in [2.45, 2.75) is 13.8 Å². The zero-order valence-electron chi connectivity index (χ0n) is 17.1. The highest BCUT2D eigenvalue weighted by Crippen LogP contribution is 2.21. The molecule has 156 valence electrons. The number of ether oxygens (including phenoxy) is 1. The van der Waals surface area contributed by atoms with Crippen LogP contribution in [0.1, 0.15) is 17.0 Å². The Kier molecular flexibility index (Phi) is 6.33. The van der Waals surface area contributed by atoms with Gasteiger partial charge in [-0.25, -0.2) is 15.8 Å². The average molecular weight is 407 g/mol. The second-order valence-corrected chi connectivity index (χ2v) is 6.76. The summed E-state index contributed by atoms with van der Waals surface area (Å²) in [6.07, 6.45) is 1.60. The summed E-state index contributed by atoms with van der Waals surface area (Å²) in [7, 11) is 1.68. The van der Waals surface area contributed by atoms with E-state index >= 15 is 0 Å². The van der Waals surface area contributed by atoms with Gasteiger partial charge in [0, 0.05) is 19.3 Å². The number of rotatable bonds is 7. The van der Waals surface area contributed by atoms with Crippen LogP contribution in [0.15, 0.2) is 54.4 Å². The third kappa shape index (κ3) is 5.15. The molecule has 0 spiro atoms. The molecule has 0 unspecified atom stereocenters. The number of hydrogen-bond acceptors (Lipinski definition) is 9. The van der Waals surface area contributed by atoms with Crippen LogP contribution in [0, 0.1) is 13.8 Å². The van der Waals surface area contributed by atoms with Gasteiger partial charge in [-0.15, -0.1) is 0 Å². The van der Waals surface area contributed by atoms with Crippen LogP contribution in [-0.4, -0.2) is 38.7 Å². The molecule has 2 heterocycles. The van der Waals surface area contributed by atoms with Gasteiger partial charge in [0.15, 0.2) is 0 Å². The smallest absolute Gasteiger partial charge is 0.226 e. The summed E-state index contributed by atoms with van der Waals surface area (Å²) in [5.41, 5.74) is 9.37. The number of anilines is 1. The van der Waals surface area contributed by atoms with Crippen molar-refractivity contribution in [2.75, 3.05) is 18.9 Å². The fourth-order valence-electron chi connectivity index (χ4n) is 2.64. The topological polar surface area (TPSA) is 135 Å². The van der Waals surface area contributed by atoms with Crippen molar-refractivity contribution in [1.82, 2.24) is 20.0 Å². The summed E-state index contributed by atoms with van der Waals surface area (Å²) < 4.78 is 5.77. The minimum atomic E-state index is 0.103. The molecule has 0 saturated heterocycles. The van der Waals surface area contributed by atoms with Gasteiger partial charge in [0.25, 0.3) is 0 Å². The van der Waals surface area contributed by atoms with Crippen molar-refractivity contribution in [3.8, 4) is 17.4 Å². The standard InChI is InChI=1S/C21H25N7O2/c1-13-4-6-15(7-5-13)30-19-10-11-24-21(27-19)25-12-17(28(3)23)20(22)16-8-9-18(29)14(2)26-16/h4-11,29H,12,22-23H2,1-3H3,(H,24,25,27)/b20-17-. The highest BCUT2D eigenvalue weighted by molar-refractivity contribution is 5.64. The highest BCUT2D eigenvalue weighted by atomic mass is 16.5. The van der Waals surface area contributed by atoms with E-state index in [0.29, 0.717) is 40.4 Å². The van der Waals surface area contributed by atoms with Gasteiger partial charge in [0.05, 0.1) is 29.3 Å². The van der Waals surface area contributed by atoms with E-state index in [0.717, 1.165) is 5.56 Å². The summed E-state index contributed by atoms with van der Waals surface area (Å²) in [6, 6.07) is 12.5. The first-order chi connectivity index (χ1) is 14.3. The molecule has 0 aliphatic heterocycles. The molecule has 0 radical (unpaired) electrons. The molecule has 0 aliphatic rings. The number of aromatic hydroxyl groups is 1. The number of nitrogens with two attached hydrogens (primary N) is 2. The van der Waals surface area contributed by atoms with Crippen molar-refractivity contribution in [3.05, 3.63) is 71.3 Å². The summed E-state index contributed by atoms with van der Waals surface area (Å²) in [5, 5.41) is 14.2. The lowest BCUT2D eigenvalue weighted by atomic mass is 10.2. The van der Waals surface area contributed by atoms with Crippen molar-refractivity contribution in [1.29, 1.82) is 0 Å². The van der Waals surface area contributed by atoms with Crippen LogP contribution >= 0.6 is 0 Å². The molecule has 9 nitrogen and oxygen atoms in total. The van der Waals surface area contributed by atoms with E-state index in [1.807, 2.05) is 31.2 Å². The summed E-state index contributed by atoms with van der Waals surface area (Å²) in [5.74, 6) is 7.52. The number of nitrogens with zero attached hydrogens (tertiary/aromatic N) is 4. The predicted octanol–water partition coefficient (Wildman–Crippen LogP) is 2.53. The second kappa shape index (κ2) is 9.10. The zero-order chi connectivity index (χ0) is 21.7. The molecule has 0 saturated carbocycles. The lowest BCUT2D eigenvalue weighted by Crippen LogP contribution is -2.32. The molecule has 30 heavy (non-hydrogen) atoms. The van der Waals surface area contributed by atoms with Crippen LogP contribution in [0.3, 0.4) is 0 Å². The van der Waals surface area contributed by atoms with Crippen LogP contribution in [0.5, 0.6) is 17.4 Å². The molecule has 6 N–H and O–H groups in total. The summed E-state index contributed by atoms with van der Waals surface area (Å²) >= 11 is 0. The van der Waals surface area contributed by atoms with Gasteiger partial charge in [-0.1, -0.05) is 17.7 Å². The van der Waals surface area contributed by atoms with E-state index in [-0.39, 0.29) is 12.3 Å². The minimum Gasteiger partial charge on any atom is -0.506 e. The first-order valence-electron chi connectivity index (χ1n) is 9.29. The maximum atomic E-state index is 9.68. The molecule has 3 rings (SSSR count). The quantitative estimate of drug-likeness (QED) is 0.344. The highest BCUT2D eigenvalue weighted by Gasteiger charge is 2.12. The first kappa shape index (κ1) is 20.9. The van der Waals surface area contributed by atoms with Crippen molar-refractivity contribution >= 4 is 11.6 Å². The summed E-state index contributed by atoms with van der Waals surface area (Å²) in [4.78, 5) is 12.9. The molecular weight excluding hydrogens is 382 g/mol. The van der Waals surface area contributed by atoms with Crippen molar-refractivity contribution in [3.63, 3.8) is 0 Å². The lowest BCUT2D eigenvalue weighted by Gasteiger charge is -2.20. The maximum absolute atomic E-state index is 9.68. The van der Waals surface area contributed by atoms with Crippen LogP contribution in [0.25, 0.3) is 5.70 Å². The van der Waals surface area contributed by atoms with Gasteiger partial charge in [-0.3, -0.25) is 0 Å². The third-order valence-electron chi connectivity index (χ3n) is 4.36. The van der Waals surface area contributed by atoms with Crippen LogP contribution in [0.4, 0.5) is 5.95 Å². The number of hydrazine groups is 1. The number of likely N-dealkylation sites (N-methyl/N-ethyl adjacent to an activating group) is 1. The number of aryl methyl sites for hydroxylation is 2. The zero-order valence-corrected chi connectivity index (χ0v) is 17.1. The first-order valence-corrected chi connectivity index (χ1v) is 9.29. The van der Waals surface area contributed by atoms with E-state index in [1.54, 1.807) is 38.4 Å². The molecule has 0 fully saturated rings. The monoisotopic (exact) mass is 407 g/mol. The molecule has 0 bridgehead atoms. The molecule has 9 heteroatoms. The normalized spacial score (nSPS) is 11.6. The SMILES string of the molecule is Cc1ccc(Oc2ccnc(NC/C(=C(/N)c3ccc(O)c(C)n3)N(C)N)n2)cc1. The Balaban J connectivity index is 1.76. The molecule has 3 aromatic rings. The van der Waals surface area contributed by atoms with Gasteiger partial charge < -0.3 is 25.9 Å². The largest absolute Gasteiger partial charge is 0.506 e. The number of aromatic nitrogens is 3. The molecular formula is C21H25N7O2. The Bertz CT molecular complexity index is 1050. The van der Waals surface area contributed by atoms with Gasteiger partial charge in [-0.05, 0) is 38.1 Å². The van der Waals surface area contributed by atoms with E-state index < -0.39 is 0 Å². The molecule has 0 aliphatic carbocycles. The summed E-state index contributed by atoms with van der Waals surface area (Å²) in [6.45, 7) is 3.97. The third-order valence-corrected chi connectivity index (χ3v) is 4.36. The number of pyridine rings is 1. The molecule has 0 atom stereocenters. The fourth-order valence-corrected chi connectivity index (χ4v) is 2.64. The molecule has 1 aromatic carbocycles. The van der Waals surface area contributed by atoms with Crippen molar-refractivity contribution in [2.24, 2.45) is 11.6 Å². The van der Waals surface area contributed by atoms with Crippen LogP contribution < -0.4 is 21.6 Å². The fraction of sp³-hybridized carbons (Fsp3) is 0.190. The van der Waals surface area contributed by atoms with E-state index in [9.17, 15) is 5.11 Å². The molecule has 2 aromatic heterocycles. The second-order valence-electron chi connectivity index (χ2n) is 6.76. The number of benzene rings is 1. The average Bonchev–Trinajstić information content (AvgIpc) is 2.72. The Labute approximate surface area is 175 Å². The Morgan fingerprint density at radius 1 is 1.10 bits per heavy atom. The van der Waals surface area contributed by atoms with Crippen LogP contribution in [0.2, 0.25) is 0 Å². The molecule has 0 amide bonds. The minimum absolute atomic E-state index is 0.103. The Morgan fingerprint density at radius 2 is 1.83 bits per heavy atom. The maximum Gasteiger partial charge on any atom is 0.226 e. The predicted molar refractivity (Wildman–Crippen MR) is 115 cm³/mol. The lowest BCUT2D eigenvalue weighted by molar-refractivity contribution is 0.437. The van der Waals surface area contributed by atoms with Gasteiger partial charge >= 0.3 is 0 Å². The number of nitrogens with one attached hydrogen (secondary N) is 1. The number of hydrogen-bond donors (Lipinski definition) is 4. The van der Waals surface area contributed by atoms with Gasteiger partial charge in [0.2, 0.25) is 11.8 Å².